The SMILES string of the molecule is CN(CC(=O)NC(C)(C)C)C(=O)COc1ccc2oc3c(c2c1)CCCC3. The number of hydrogen-bond acceptors (Lipinski definition) is 4. The summed E-state index contributed by atoms with van der Waals surface area (Å²) in [6, 6.07) is 5.66. The van der Waals surface area contributed by atoms with Crippen LogP contribution in [0.4, 0.5) is 0 Å². The molecule has 3 rings (SSSR count). The summed E-state index contributed by atoms with van der Waals surface area (Å²) in [4.78, 5) is 25.6. The van der Waals surface area contributed by atoms with Crippen LogP contribution in [0.1, 0.15) is 44.9 Å². The molecule has 0 bridgehead atoms. The molecule has 27 heavy (non-hydrogen) atoms. The molecular formula is C21H28N2O4. The first-order valence-corrected chi connectivity index (χ1v) is 9.45. The van der Waals surface area contributed by atoms with Gasteiger partial charge in [0, 0.05) is 30.0 Å². The fraction of sp³-hybridized carbons (Fsp3) is 0.524. The van der Waals surface area contributed by atoms with E-state index in [4.69, 9.17) is 9.15 Å². The lowest BCUT2D eigenvalue weighted by molar-refractivity contribution is -0.136. The van der Waals surface area contributed by atoms with E-state index in [2.05, 4.69) is 5.32 Å². The maximum atomic E-state index is 12.3. The molecule has 1 aromatic carbocycles. The van der Waals surface area contributed by atoms with Crippen molar-refractivity contribution in [3.8, 4) is 5.75 Å². The Balaban J connectivity index is 1.59. The highest BCUT2D eigenvalue weighted by Crippen LogP contribution is 2.33. The Labute approximate surface area is 159 Å². The molecule has 1 aliphatic rings. The minimum absolute atomic E-state index is 0.00768. The first kappa shape index (κ1) is 19.3. The average molecular weight is 372 g/mol. The largest absolute Gasteiger partial charge is 0.484 e. The van der Waals surface area contributed by atoms with E-state index in [0.717, 1.165) is 29.6 Å². The van der Waals surface area contributed by atoms with Gasteiger partial charge in [0.15, 0.2) is 6.61 Å². The van der Waals surface area contributed by atoms with Gasteiger partial charge in [0.2, 0.25) is 5.91 Å². The number of carbonyl (C=O) groups excluding carboxylic acids is 2. The smallest absolute Gasteiger partial charge is 0.260 e. The van der Waals surface area contributed by atoms with Crippen molar-refractivity contribution >= 4 is 22.8 Å². The van der Waals surface area contributed by atoms with Crippen molar-refractivity contribution in [2.75, 3.05) is 20.2 Å². The molecule has 0 fully saturated rings. The van der Waals surface area contributed by atoms with E-state index in [1.54, 1.807) is 7.05 Å². The Morgan fingerprint density at radius 1 is 1.22 bits per heavy atom. The van der Waals surface area contributed by atoms with Crippen LogP contribution in [0, 0.1) is 0 Å². The molecule has 0 saturated carbocycles. The van der Waals surface area contributed by atoms with Gasteiger partial charge in [-0.2, -0.15) is 0 Å². The quantitative estimate of drug-likeness (QED) is 0.876. The van der Waals surface area contributed by atoms with E-state index in [9.17, 15) is 9.59 Å². The van der Waals surface area contributed by atoms with E-state index in [1.165, 1.54) is 23.3 Å². The third-order valence-corrected chi connectivity index (χ3v) is 4.61. The highest BCUT2D eigenvalue weighted by Gasteiger charge is 2.20. The molecule has 0 radical (unpaired) electrons. The number of aryl methyl sites for hydroxylation is 2. The van der Waals surface area contributed by atoms with E-state index in [0.29, 0.717) is 5.75 Å². The Morgan fingerprint density at radius 3 is 2.70 bits per heavy atom. The summed E-state index contributed by atoms with van der Waals surface area (Å²) in [5.41, 5.74) is 1.82. The third kappa shape index (κ3) is 4.81. The van der Waals surface area contributed by atoms with Crippen LogP contribution < -0.4 is 10.1 Å². The summed E-state index contributed by atoms with van der Waals surface area (Å²) >= 11 is 0. The van der Waals surface area contributed by atoms with Gasteiger partial charge in [-0.05, 0) is 58.2 Å². The standard InChI is InChI=1S/C21H28N2O4/c1-21(2,3)22-19(24)12-23(4)20(25)13-26-14-9-10-18-16(11-14)15-7-5-6-8-17(15)27-18/h9-11H,5-8,12-13H2,1-4H3,(H,22,24). The lowest BCUT2D eigenvalue weighted by Gasteiger charge is -2.23. The van der Waals surface area contributed by atoms with Gasteiger partial charge in [-0.25, -0.2) is 0 Å². The molecule has 0 spiro atoms. The predicted octanol–water partition coefficient (Wildman–Crippen LogP) is 3.06. The van der Waals surface area contributed by atoms with E-state index >= 15 is 0 Å². The van der Waals surface area contributed by atoms with E-state index in [-0.39, 0.29) is 30.5 Å². The lowest BCUT2D eigenvalue weighted by atomic mass is 9.96. The summed E-state index contributed by atoms with van der Waals surface area (Å²) in [5, 5.41) is 3.92. The maximum Gasteiger partial charge on any atom is 0.260 e. The number of benzene rings is 1. The predicted molar refractivity (Wildman–Crippen MR) is 104 cm³/mol. The van der Waals surface area contributed by atoms with Crippen molar-refractivity contribution in [1.29, 1.82) is 0 Å². The van der Waals surface area contributed by atoms with Crippen molar-refractivity contribution < 1.29 is 18.7 Å². The van der Waals surface area contributed by atoms with Crippen LogP contribution in [0.25, 0.3) is 11.0 Å². The zero-order chi connectivity index (χ0) is 19.6. The number of rotatable bonds is 5. The summed E-state index contributed by atoms with van der Waals surface area (Å²) in [6.45, 7) is 5.61. The van der Waals surface area contributed by atoms with Gasteiger partial charge in [-0.3, -0.25) is 9.59 Å². The average Bonchev–Trinajstić information content (AvgIpc) is 2.95. The topological polar surface area (TPSA) is 71.8 Å². The number of amides is 2. The Morgan fingerprint density at radius 2 is 1.96 bits per heavy atom. The molecule has 0 atom stereocenters. The van der Waals surface area contributed by atoms with Gasteiger partial charge in [-0.15, -0.1) is 0 Å². The summed E-state index contributed by atoms with van der Waals surface area (Å²) in [7, 11) is 1.60. The van der Waals surface area contributed by atoms with Gasteiger partial charge in [0.05, 0.1) is 6.54 Å². The van der Waals surface area contributed by atoms with Crippen LogP contribution >= 0.6 is 0 Å². The van der Waals surface area contributed by atoms with E-state index in [1.807, 2.05) is 39.0 Å². The molecule has 1 aliphatic carbocycles. The minimum Gasteiger partial charge on any atom is -0.484 e. The number of fused-ring (bicyclic) bond motifs is 3. The van der Waals surface area contributed by atoms with E-state index < -0.39 is 0 Å². The second kappa shape index (κ2) is 7.62. The van der Waals surface area contributed by atoms with Crippen molar-refractivity contribution in [2.24, 2.45) is 0 Å². The number of nitrogens with zero attached hydrogens (tertiary/aromatic N) is 1. The number of ether oxygens (including phenoxy) is 1. The highest BCUT2D eigenvalue weighted by atomic mass is 16.5. The molecular weight excluding hydrogens is 344 g/mol. The molecule has 2 amide bonds. The molecule has 0 saturated heterocycles. The fourth-order valence-electron chi connectivity index (χ4n) is 3.35. The van der Waals surface area contributed by atoms with Gasteiger partial charge in [-0.1, -0.05) is 0 Å². The second-order valence-electron chi connectivity index (χ2n) is 8.21. The second-order valence-corrected chi connectivity index (χ2v) is 8.21. The maximum absolute atomic E-state index is 12.3. The van der Waals surface area contributed by atoms with Crippen molar-refractivity contribution in [2.45, 2.75) is 52.0 Å². The number of carbonyl (C=O) groups is 2. The Kier molecular flexibility index (Phi) is 5.44. The summed E-state index contributed by atoms with van der Waals surface area (Å²) < 4.78 is 11.6. The number of hydrogen-bond donors (Lipinski definition) is 1. The van der Waals surface area contributed by atoms with Crippen LogP contribution in [0.5, 0.6) is 5.75 Å². The molecule has 146 valence electrons. The molecule has 6 nitrogen and oxygen atoms in total. The van der Waals surface area contributed by atoms with Gasteiger partial charge in [0.1, 0.15) is 17.1 Å². The van der Waals surface area contributed by atoms with Crippen LogP contribution in [-0.4, -0.2) is 42.5 Å². The lowest BCUT2D eigenvalue weighted by Crippen LogP contribution is -2.47. The number of nitrogens with one attached hydrogen (secondary N) is 1. The minimum atomic E-state index is -0.323. The first-order chi connectivity index (χ1) is 12.7. The normalized spacial score (nSPS) is 13.9. The van der Waals surface area contributed by atoms with Gasteiger partial charge in [0.25, 0.3) is 5.91 Å². The molecule has 1 N–H and O–H groups in total. The molecule has 1 heterocycles. The Bertz CT molecular complexity index is 848. The number of likely N-dealkylation sites (N-methyl/N-ethyl adjacent to an activating group) is 1. The van der Waals surface area contributed by atoms with Crippen molar-refractivity contribution in [1.82, 2.24) is 10.2 Å². The molecule has 0 aliphatic heterocycles. The highest BCUT2D eigenvalue weighted by molar-refractivity contribution is 5.86. The van der Waals surface area contributed by atoms with Crippen LogP contribution in [0.15, 0.2) is 22.6 Å². The molecule has 0 unspecified atom stereocenters. The fourth-order valence-corrected chi connectivity index (χ4v) is 3.35. The van der Waals surface area contributed by atoms with Crippen molar-refractivity contribution in [3.05, 3.63) is 29.5 Å². The first-order valence-electron chi connectivity index (χ1n) is 9.45. The molecule has 2 aromatic rings. The zero-order valence-electron chi connectivity index (χ0n) is 16.6. The van der Waals surface area contributed by atoms with Gasteiger partial charge >= 0.3 is 0 Å². The van der Waals surface area contributed by atoms with Gasteiger partial charge < -0.3 is 19.4 Å². The summed E-state index contributed by atoms with van der Waals surface area (Å²) in [6.07, 6.45) is 4.35. The molecule has 6 heteroatoms. The monoisotopic (exact) mass is 372 g/mol. The van der Waals surface area contributed by atoms with Crippen molar-refractivity contribution in [3.63, 3.8) is 0 Å². The molecule has 1 aromatic heterocycles. The summed E-state index contributed by atoms with van der Waals surface area (Å²) in [5.74, 6) is 1.28. The van der Waals surface area contributed by atoms with Crippen LogP contribution in [0.2, 0.25) is 0 Å². The zero-order valence-corrected chi connectivity index (χ0v) is 16.6. The number of furan rings is 1. The third-order valence-electron chi connectivity index (χ3n) is 4.61. The Hall–Kier alpha value is -2.50. The van der Waals surface area contributed by atoms with Crippen LogP contribution in [-0.2, 0) is 22.4 Å². The van der Waals surface area contributed by atoms with Crippen LogP contribution in [0.3, 0.4) is 0 Å².